The second-order valence-electron chi connectivity index (χ2n) is 9.27. The first-order chi connectivity index (χ1) is 15.2. The minimum Gasteiger partial charge on any atom is -0.393 e. The molecule has 2 aromatic carbocycles. The number of piperidine rings is 1. The van der Waals surface area contributed by atoms with Gasteiger partial charge in [0.15, 0.2) is 0 Å². The van der Waals surface area contributed by atoms with E-state index in [9.17, 15) is 9.90 Å². The predicted molar refractivity (Wildman–Crippen MR) is 133 cm³/mol. The van der Waals surface area contributed by atoms with Crippen molar-refractivity contribution in [2.75, 3.05) is 0 Å². The number of likely N-dealkylation sites (tertiary alicyclic amines) is 1. The van der Waals surface area contributed by atoms with Crippen molar-refractivity contribution in [1.29, 1.82) is 0 Å². The Labute approximate surface area is 202 Å². The maximum atomic E-state index is 14.1. The number of nitrogens with zero attached hydrogens (tertiary/aromatic N) is 1. The summed E-state index contributed by atoms with van der Waals surface area (Å²) < 4.78 is 0. The van der Waals surface area contributed by atoms with Gasteiger partial charge < -0.3 is 10.0 Å². The molecule has 0 saturated carbocycles. The Hall–Kier alpha value is -1.81. The number of amides is 1. The summed E-state index contributed by atoms with van der Waals surface area (Å²) in [6.45, 7) is 9.82. The molecule has 32 heavy (non-hydrogen) atoms. The number of carbonyl (C=O) groups excluding carboxylic acids is 1. The fourth-order valence-corrected chi connectivity index (χ4v) is 5.48. The van der Waals surface area contributed by atoms with E-state index in [1.807, 2.05) is 60.4 Å². The van der Waals surface area contributed by atoms with Crippen LogP contribution in [0.4, 0.5) is 0 Å². The lowest BCUT2D eigenvalue weighted by Crippen LogP contribution is -2.55. The highest BCUT2D eigenvalue weighted by Crippen LogP contribution is 2.52. The molecule has 2 aromatic rings. The quantitative estimate of drug-likeness (QED) is 0.412. The normalized spacial score (nSPS) is 25.4. The number of halogens is 2. The monoisotopic (exact) mass is 473 g/mol. The molecule has 3 unspecified atom stereocenters. The maximum absolute atomic E-state index is 14.1. The molecule has 1 fully saturated rings. The smallest absolute Gasteiger partial charge is 0.229 e. The Morgan fingerprint density at radius 3 is 2.44 bits per heavy atom. The molecule has 0 aliphatic carbocycles. The topological polar surface area (TPSA) is 40.5 Å². The van der Waals surface area contributed by atoms with Crippen LogP contribution in [0.2, 0.25) is 10.0 Å². The second kappa shape index (κ2) is 10.4. The van der Waals surface area contributed by atoms with Crippen LogP contribution in [0.15, 0.2) is 61.2 Å². The number of benzene rings is 2. The summed E-state index contributed by atoms with van der Waals surface area (Å²) in [7, 11) is 0. The molecule has 0 aromatic heterocycles. The summed E-state index contributed by atoms with van der Waals surface area (Å²) >= 11 is 12.6. The van der Waals surface area contributed by atoms with E-state index in [2.05, 4.69) is 19.6 Å². The molecule has 0 bridgehead atoms. The maximum Gasteiger partial charge on any atom is 0.229 e. The number of aliphatic hydroxyl groups excluding tert-OH is 1. The molecule has 1 aliphatic heterocycles. The minimum absolute atomic E-state index is 0.0422. The summed E-state index contributed by atoms with van der Waals surface area (Å²) in [5.41, 5.74) is 1.57. The van der Waals surface area contributed by atoms with E-state index in [-0.39, 0.29) is 23.9 Å². The van der Waals surface area contributed by atoms with E-state index in [0.29, 0.717) is 29.3 Å². The first-order valence-electron chi connectivity index (χ1n) is 11.3. The van der Waals surface area contributed by atoms with Crippen LogP contribution >= 0.6 is 23.2 Å². The highest BCUT2D eigenvalue weighted by Gasteiger charge is 2.50. The first kappa shape index (κ1) is 24.8. The van der Waals surface area contributed by atoms with Crippen molar-refractivity contribution in [3.63, 3.8) is 0 Å². The lowest BCUT2D eigenvalue weighted by Gasteiger charge is -2.52. The van der Waals surface area contributed by atoms with Crippen LogP contribution in [0.25, 0.3) is 0 Å². The van der Waals surface area contributed by atoms with Crippen LogP contribution in [0, 0.1) is 5.41 Å². The number of hydrogen-bond donors (Lipinski definition) is 1. The summed E-state index contributed by atoms with van der Waals surface area (Å²) in [6.07, 6.45) is 3.90. The largest absolute Gasteiger partial charge is 0.393 e. The van der Waals surface area contributed by atoms with E-state index in [1.165, 1.54) is 0 Å². The van der Waals surface area contributed by atoms with Gasteiger partial charge in [0, 0.05) is 22.0 Å². The third-order valence-electron chi connectivity index (χ3n) is 6.66. The molecule has 1 amide bonds. The first-order valence-corrected chi connectivity index (χ1v) is 12.1. The van der Waals surface area contributed by atoms with Crippen molar-refractivity contribution in [1.82, 2.24) is 4.90 Å². The standard InChI is InChI=1S/C27H33Cl2NO2/c1-5-14-27(4)17-24(20-8-7-9-22(29)16-20)25(19-10-12-21(28)13-11-19)30(26(27)32)23(6-2)15-18(3)31/h5,7-13,16,18,23-25,31H,1,6,14-15,17H2,2-4H3/t18-,23-,24?,25?,27?/m0/s1. The Morgan fingerprint density at radius 1 is 1.19 bits per heavy atom. The second-order valence-corrected chi connectivity index (χ2v) is 10.1. The van der Waals surface area contributed by atoms with E-state index in [0.717, 1.165) is 17.5 Å². The summed E-state index contributed by atoms with van der Waals surface area (Å²) in [6, 6.07) is 15.4. The number of hydrogen-bond acceptors (Lipinski definition) is 2. The summed E-state index contributed by atoms with van der Waals surface area (Å²) in [5.74, 6) is 0.156. The van der Waals surface area contributed by atoms with Gasteiger partial charge in [-0.05, 0) is 68.0 Å². The number of rotatable bonds is 8. The fraction of sp³-hybridized carbons (Fsp3) is 0.444. The fourth-order valence-electron chi connectivity index (χ4n) is 5.16. The zero-order chi connectivity index (χ0) is 23.5. The molecule has 5 atom stereocenters. The molecule has 1 saturated heterocycles. The molecule has 172 valence electrons. The van der Waals surface area contributed by atoms with Crippen molar-refractivity contribution in [3.8, 4) is 0 Å². The van der Waals surface area contributed by atoms with Gasteiger partial charge >= 0.3 is 0 Å². The predicted octanol–water partition coefficient (Wildman–Crippen LogP) is 7.18. The highest BCUT2D eigenvalue weighted by atomic mass is 35.5. The number of aliphatic hydroxyl groups is 1. The van der Waals surface area contributed by atoms with Gasteiger partial charge in [-0.25, -0.2) is 0 Å². The summed E-state index contributed by atoms with van der Waals surface area (Å²) in [5, 5.41) is 11.6. The van der Waals surface area contributed by atoms with Crippen LogP contribution in [0.5, 0.6) is 0 Å². The average molecular weight is 474 g/mol. The number of allylic oxidation sites excluding steroid dienone is 1. The third-order valence-corrected chi connectivity index (χ3v) is 7.15. The van der Waals surface area contributed by atoms with Crippen LogP contribution < -0.4 is 0 Å². The van der Waals surface area contributed by atoms with E-state index >= 15 is 0 Å². The molecule has 1 aliphatic rings. The third kappa shape index (κ3) is 5.22. The van der Waals surface area contributed by atoms with Crippen molar-refractivity contribution in [3.05, 3.63) is 82.4 Å². The molecule has 1 heterocycles. The molecule has 3 rings (SSSR count). The Morgan fingerprint density at radius 2 is 1.88 bits per heavy atom. The van der Waals surface area contributed by atoms with Crippen molar-refractivity contribution in [2.24, 2.45) is 5.41 Å². The summed E-state index contributed by atoms with van der Waals surface area (Å²) in [4.78, 5) is 16.1. The van der Waals surface area contributed by atoms with Gasteiger partial charge in [0.1, 0.15) is 0 Å². The van der Waals surface area contributed by atoms with E-state index in [1.54, 1.807) is 6.92 Å². The van der Waals surface area contributed by atoms with Crippen LogP contribution in [-0.2, 0) is 4.79 Å². The average Bonchev–Trinajstić information content (AvgIpc) is 2.75. The molecule has 3 nitrogen and oxygen atoms in total. The zero-order valence-electron chi connectivity index (χ0n) is 19.1. The van der Waals surface area contributed by atoms with E-state index < -0.39 is 11.5 Å². The van der Waals surface area contributed by atoms with Crippen molar-refractivity contribution < 1.29 is 9.90 Å². The zero-order valence-corrected chi connectivity index (χ0v) is 20.6. The van der Waals surface area contributed by atoms with Crippen LogP contribution in [-0.4, -0.2) is 28.1 Å². The van der Waals surface area contributed by atoms with Gasteiger partial charge in [0.05, 0.1) is 17.6 Å². The van der Waals surface area contributed by atoms with Gasteiger partial charge in [-0.15, -0.1) is 6.58 Å². The van der Waals surface area contributed by atoms with Crippen molar-refractivity contribution >= 4 is 29.1 Å². The highest BCUT2D eigenvalue weighted by molar-refractivity contribution is 6.30. The molecular weight excluding hydrogens is 441 g/mol. The van der Waals surface area contributed by atoms with Crippen LogP contribution in [0.3, 0.4) is 0 Å². The molecular formula is C27H33Cl2NO2. The van der Waals surface area contributed by atoms with E-state index in [4.69, 9.17) is 23.2 Å². The Bertz CT molecular complexity index is 943. The van der Waals surface area contributed by atoms with Crippen LogP contribution in [0.1, 0.15) is 69.5 Å². The lowest BCUT2D eigenvalue weighted by molar-refractivity contribution is -0.155. The van der Waals surface area contributed by atoms with Gasteiger partial charge in [-0.1, -0.05) is 67.4 Å². The molecule has 0 radical (unpaired) electrons. The molecule has 0 spiro atoms. The van der Waals surface area contributed by atoms with Crippen molar-refractivity contribution in [2.45, 2.75) is 70.6 Å². The van der Waals surface area contributed by atoms with Gasteiger partial charge in [0.2, 0.25) is 5.91 Å². The molecule has 1 N–H and O–H groups in total. The SMILES string of the molecule is C=CCC1(C)CC(c2cccc(Cl)c2)C(c2ccc(Cl)cc2)N([C@@H](CC)C[C@H](C)O)C1=O. The molecule has 5 heteroatoms. The van der Waals surface area contributed by atoms with Gasteiger partial charge in [-0.2, -0.15) is 0 Å². The van der Waals surface area contributed by atoms with Gasteiger partial charge in [-0.3, -0.25) is 4.79 Å². The lowest BCUT2D eigenvalue weighted by atomic mass is 9.67. The Kier molecular flexibility index (Phi) is 8.08. The van der Waals surface area contributed by atoms with Gasteiger partial charge in [0.25, 0.3) is 0 Å². The number of carbonyl (C=O) groups is 1. The Balaban J connectivity index is 2.22. The minimum atomic E-state index is -0.580.